The minimum atomic E-state index is -0.757. The number of aliphatic carboxylic acids is 1. The summed E-state index contributed by atoms with van der Waals surface area (Å²) in [7, 11) is 3.35. The number of methoxy groups -OCH3 is 2. The Kier molecular flexibility index (Phi) is 7.95. The van der Waals surface area contributed by atoms with Crippen molar-refractivity contribution in [2.24, 2.45) is 11.8 Å². The van der Waals surface area contributed by atoms with E-state index in [1.165, 1.54) is 5.56 Å². The number of nitrogens with one attached hydrogen (secondary N) is 1. The number of ether oxygens (including phenoxy) is 4. The molecule has 7 heteroatoms. The number of rotatable bonds is 9. The first kappa shape index (κ1) is 24.4. The highest BCUT2D eigenvalue weighted by Gasteiger charge is 2.27. The van der Waals surface area contributed by atoms with Crippen LogP contribution in [0, 0.1) is 18.8 Å². The van der Waals surface area contributed by atoms with Crippen LogP contribution in [0.15, 0.2) is 30.3 Å². The van der Waals surface area contributed by atoms with Crippen LogP contribution in [0.5, 0.6) is 11.5 Å². The number of carboxylic acid groups (broad SMARTS) is 1. The molecule has 2 aromatic rings. The van der Waals surface area contributed by atoms with Crippen molar-refractivity contribution in [2.75, 3.05) is 39.4 Å². The number of hydrogen-bond acceptors (Lipinski definition) is 6. The van der Waals surface area contributed by atoms with Crippen molar-refractivity contribution in [1.29, 1.82) is 0 Å². The highest BCUT2D eigenvalue weighted by molar-refractivity contribution is 5.74. The second-order valence-corrected chi connectivity index (χ2v) is 9.21. The maximum atomic E-state index is 11.4. The van der Waals surface area contributed by atoms with Gasteiger partial charge in [0.2, 0.25) is 0 Å². The van der Waals surface area contributed by atoms with Crippen LogP contribution >= 0.6 is 0 Å². The average Bonchev–Trinajstić information content (AvgIpc) is 3.37. The van der Waals surface area contributed by atoms with Gasteiger partial charge in [0.15, 0.2) is 0 Å². The second kappa shape index (κ2) is 11.1. The molecule has 0 aliphatic carbocycles. The smallest absolute Gasteiger partial charge is 0.306 e. The minimum absolute atomic E-state index is 0.309. The molecule has 3 atom stereocenters. The van der Waals surface area contributed by atoms with E-state index in [1.807, 2.05) is 13.0 Å². The van der Waals surface area contributed by atoms with Gasteiger partial charge in [0.05, 0.1) is 20.1 Å². The normalized spacial score (nSPS) is 22.4. The van der Waals surface area contributed by atoms with Crippen LogP contribution in [0.2, 0.25) is 0 Å². The number of benzene rings is 2. The largest absolute Gasteiger partial charge is 0.496 e. The molecule has 2 heterocycles. The predicted octanol–water partition coefficient (Wildman–Crippen LogP) is 4.90. The van der Waals surface area contributed by atoms with Crippen molar-refractivity contribution in [2.45, 2.75) is 45.3 Å². The first-order valence-corrected chi connectivity index (χ1v) is 12.0. The molecule has 0 bridgehead atoms. The van der Waals surface area contributed by atoms with Gasteiger partial charge in [-0.3, -0.25) is 4.79 Å². The molecular formula is C27H35NO6. The van der Waals surface area contributed by atoms with Crippen molar-refractivity contribution >= 4 is 11.7 Å². The molecule has 0 amide bonds. The lowest BCUT2D eigenvalue weighted by Gasteiger charge is -2.29. The van der Waals surface area contributed by atoms with E-state index < -0.39 is 5.97 Å². The second-order valence-electron chi connectivity index (χ2n) is 9.21. The summed E-state index contributed by atoms with van der Waals surface area (Å²) in [6.07, 6.45) is 3.78. The van der Waals surface area contributed by atoms with Crippen molar-refractivity contribution in [3.8, 4) is 22.6 Å². The monoisotopic (exact) mass is 469 g/mol. The third-order valence-electron chi connectivity index (χ3n) is 6.98. The zero-order chi connectivity index (χ0) is 24.1. The molecule has 0 saturated carbocycles. The Balaban J connectivity index is 1.62. The lowest BCUT2D eigenvalue weighted by atomic mass is 9.91. The molecule has 0 spiro atoms. The lowest BCUT2D eigenvalue weighted by Crippen LogP contribution is -2.35. The first-order chi connectivity index (χ1) is 16.5. The fourth-order valence-corrected chi connectivity index (χ4v) is 4.89. The van der Waals surface area contributed by atoms with Crippen LogP contribution in [-0.4, -0.2) is 51.3 Å². The van der Waals surface area contributed by atoms with Gasteiger partial charge in [-0.25, -0.2) is 0 Å². The van der Waals surface area contributed by atoms with E-state index in [0.717, 1.165) is 66.4 Å². The van der Waals surface area contributed by atoms with E-state index in [-0.39, 0.29) is 12.1 Å². The summed E-state index contributed by atoms with van der Waals surface area (Å²) >= 11 is 0. The maximum Gasteiger partial charge on any atom is 0.306 e. The van der Waals surface area contributed by atoms with Crippen molar-refractivity contribution in [3.63, 3.8) is 0 Å². The molecular weight excluding hydrogens is 434 g/mol. The van der Waals surface area contributed by atoms with Crippen LogP contribution in [0.25, 0.3) is 11.1 Å². The van der Waals surface area contributed by atoms with E-state index in [2.05, 4.69) is 29.6 Å². The number of carboxylic acids is 1. The Hall–Kier alpha value is -2.77. The van der Waals surface area contributed by atoms with Crippen molar-refractivity contribution in [3.05, 3.63) is 41.5 Å². The van der Waals surface area contributed by atoms with E-state index in [9.17, 15) is 9.90 Å². The van der Waals surface area contributed by atoms with Gasteiger partial charge in [-0.1, -0.05) is 6.07 Å². The average molecular weight is 470 g/mol. The molecule has 34 heavy (non-hydrogen) atoms. The van der Waals surface area contributed by atoms with Crippen LogP contribution in [0.1, 0.15) is 36.8 Å². The van der Waals surface area contributed by atoms with Crippen molar-refractivity contribution in [1.82, 2.24) is 0 Å². The molecule has 2 fully saturated rings. The highest BCUT2D eigenvalue weighted by atomic mass is 16.5. The van der Waals surface area contributed by atoms with Crippen LogP contribution in [0.4, 0.5) is 5.69 Å². The maximum absolute atomic E-state index is 11.4. The Morgan fingerprint density at radius 2 is 1.88 bits per heavy atom. The lowest BCUT2D eigenvalue weighted by molar-refractivity contribution is -0.146. The summed E-state index contributed by atoms with van der Waals surface area (Å²) in [4.78, 5) is 11.4. The molecule has 2 aliphatic rings. The number of hydrogen-bond donors (Lipinski definition) is 2. The van der Waals surface area contributed by atoms with Gasteiger partial charge in [-0.15, -0.1) is 0 Å². The Morgan fingerprint density at radius 1 is 1.12 bits per heavy atom. The predicted molar refractivity (Wildman–Crippen MR) is 131 cm³/mol. The fraction of sp³-hybridized carbons (Fsp3) is 0.519. The molecule has 184 valence electrons. The highest BCUT2D eigenvalue weighted by Crippen LogP contribution is 2.37. The summed E-state index contributed by atoms with van der Waals surface area (Å²) in [5.74, 6) is 1.03. The van der Waals surface area contributed by atoms with Gasteiger partial charge >= 0.3 is 5.97 Å². The standard InChI is InChI=1S/C27H35NO6/c1-17-24(31-2)13-21(14-25(17)32-3)23-7-6-22(12-19(23)5-4-18-8-10-33-16-18)28-26-15-20(27(29)30)9-11-34-26/h6-7,12-14,18,20,26,28H,4-5,8-11,15-16H2,1-3H3,(H,29,30). The minimum Gasteiger partial charge on any atom is -0.496 e. The topological polar surface area (TPSA) is 86.3 Å². The molecule has 2 saturated heterocycles. The van der Waals surface area contributed by atoms with Gasteiger partial charge in [0.25, 0.3) is 0 Å². The van der Waals surface area contributed by atoms with Crippen LogP contribution in [-0.2, 0) is 20.7 Å². The number of aryl methyl sites for hydroxylation is 1. The Morgan fingerprint density at radius 3 is 2.53 bits per heavy atom. The molecule has 2 aliphatic heterocycles. The van der Waals surface area contributed by atoms with Crippen LogP contribution < -0.4 is 14.8 Å². The summed E-state index contributed by atoms with van der Waals surface area (Å²) in [5, 5.41) is 12.8. The molecule has 0 radical (unpaired) electrons. The van der Waals surface area contributed by atoms with Gasteiger partial charge < -0.3 is 29.4 Å². The summed E-state index contributed by atoms with van der Waals surface area (Å²) in [6, 6.07) is 10.4. The van der Waals surface area contributed by atoms with Gasteiger partial charge in [0, 0.05) is 37.5 Å². The van der Waals surface area contributed by atoms with E-state index in [1.54, 1.807) is 14.2 Å². The summed E-state index contributed by atoms with van der Waals surface area (Å²) in [6.45, 7) is 4.11. The van der Waals surface area contributed by atoms with E-state index in [0.29, 0.717) is 25.4 Å². The SMILES string of the molecule is COc1cc(-c2ccc(NC3CC(C(=O)O)CCO3)cc2CCC2CCOC2)cc(OC)c1C. The molecule has 2 N–H and O–H groups in total. The van der Waals surface area contributed by atoms with Gasteiger partial charge in [-0.05, 0) is 79.5 Å². The molecule has 7 nitrogen and oxygen atoms in total. The molecule has 2 aromatic carbocycles. The first-order valence-electron chi connectivity index (χ1n) is 12.0. The number of anilines is 1. The van der Waals surface area contributed by atoms with Gasteiger partial charge in [-0.2, -0.15) is 0 Å². The molecule has 3 unspecified atom stereocenters. The third kappa shape index (κ3) is 5.65. The Bertz CT molecular complexity index is 976. The van der Waals surface area contributed by atoms with E-state index >= 15 is 0 Å². The van der Waals surface area contributed by atoms with E-state index in [4.69, 9.17) is 18.9 Å². The zero-order valence-electron chi connectivity index (χ0n) is 20.3. The Labute approximate surface area is 201 Å². The van der Waals surface area contributed by atoms with Crippen molar-refractivity contribution < 1.29 is 28.8 Å². The molecule has 4 rings (SSSR count). The summed E-state index contributed by atoms with van der Waals surface area (Å²) in [5.41, 5.74) is 5.30. The number of carbonyl (C=O) groups is 1. The molecule has 0 aromatic heterocycles. The third-order valence-corrected chi connectivity index (χ3v) is 6.98. The fourth-order valence-electron chi connectivity index (χ4n) is 4.89. The zero-order valence-corrected chi connectivity index (χ0v) is 20.3. The van der Waals surface area contributed by atoms with Gasteiger partial charge in [0.1, 0.15) is 17.7 Å². The quantitative estimate of drug-likeness (QED) is 0.540. The summed E-state index contributed by atoms with van der Waals surface area (Å²) < 4.78 is 22.6. The van der Waals surface area contributed by atoms with Crippen LogP contribution in [0.3, 0.4) is 0 Å².